The van der Waals surface area contributed by atoms with E-state index in [2.05, 4.69) is 40.0 Å². The van der Waals surface area contributed by atoms with Gasteiger partial charge in [-0.3, -0.25) is 10.7 Å². The van der Waals surface area contributed by atoms with Gasteiger partial charge >= 0.3 is 0 Å². The number of hydrogen-bond donors (Lipinski definition) is 2. The minimum atomic E-state index is -0.406. The molecule has 0 spiro atoms. The topological polar surface area (TPSA) is 80.6 Å². The monoisotopic (exact) mass is 353 g/mol. The SMILES string of the molecule is CCCC1=CN(c2cnccc2N2CCC[C@H](N)C2)C2=CC(N)OC2=C1. The van der Waals surface area contributed by atoms with Crippen LogP contribution in [-0.2, 0) is 4.74 Å². The van der Waals surface area contributed by atoms with Gasteiger partial charge in [0.2, 0.25) is 0 Å². The van der Waals surface area contributed by atoms with Crippen molar-refractivity contribution in [3.63, 3.8) is 0 Å². The molecule has 4 rings (SSSR count). The van der Waals surface area contributed by atoms with Crippen molar-refractivity contribution in [1.29, 1.82) is 0 Å². The summed E-state index contributed by atoms with van der Waals surface area (Å²) in [5.41, 5.74) is 16.7. The first-order valence-corrected chi connectivity index (χ1v) is 9.46. The maximum atomic E-state index is 6.22. The van der Waals surface area contributed by atoms with Gasteiger partial charge in [-0.25, -0.2) is 0 Å². The van der Waals surface area contributed by atoms with E-state index in [0.717, 1.165) is 61.6 Å². The predicted molar refractivity (Wildman–Crippen MR) is 104 cm³/mol. The zero-order valence-electron chi connectivity index (χ0n) is 15.3. The van der Waals surface area contributed by atoms with Crippen molar-refractivity contribution in [2.24, 2.45) is 11.5 Å². The molecule has 0 aromatic carbocycles. The maximum absolute atomic E-state index is 6.22. The first-order valence-electron chi connectivity index (χ1n) is 9.46. The van der Waals surface area contributed by atoms with Gasteiger partial charge in [0.15, 0.2) is 6.23 Å². The van der Waals surface area contributed by atoms with E-state index in [4.69, 9.17) is 16.2 Å². The van der Waals surface area contributed by atoms with Crippen LogP contribution in [0.2, 0.25) is 0 Å². The van der Waals surface area contributed by atoms with Gasteiger partial charge in [0.05, 0.1) is 23.3 Å². The summed E-state index contributed by atoms with van der Waals surface area (Å²) < 4.78 is 5.81. The normalized spacial score (nSPS) is 25.3. The Morgan fingerprint density at radius 2 is 2.19 bits per heavy atom. The number of allylic oxidation sites excluding steroid dienone is 2. The minimum absolute atomic E-state index is 0.218. The van der Waals surface area contributed by atoms with Crippen LogP contribution in [0.1, 0.15) is 32.6 Å². The Labute approximate surface area is 154 Å². The highest BCUT2D eigenvalue weighted by atomic mass is 16.5. The number of nitrogens with zero attached hydrogens (tertiary/aromatic N) is 3. The fourth-order valence-electron chi connectivity index (χ4n) is 3.91. The molecule has 0 saturated carbocycles. The largest absolute Gasteiger partial charge is 0.470 e. The standard InChI is InChI=1S/C20H27N5O/c1-2-4-14-9-19-17(10-20(22)26-19)25(12-14)18-11-23-7-6-16(18)24-8-3-5-15(21)13-24/h6-7,9-12,15,20H,2-5,8,13,21-22H2,1H3/t15-,20?/m0/s1. The molecule has 0 amide bonds. The van der Waals surface area contributed by atoms with Gasteiger partial charge in [-0.15, -0.1) is 0 Å². The van der Waals surface area contributed by atoms with E-state index >= 15 is 0 Å². The maximum Gasteiger partial charge on any atom is 0.169 e. The smallest absolute Gasteiger partial charge is 0.169 e. The summed E-state index contributed by atoms with van der Waals surface area (Å²) in [4.78, 5) is 8.94. The van der Waals surface area contributed by atoms with Gasteiger partial charge in [-0.1, -0.05) is 13.3 Å². The van der Waals surface area contributed by atoms with Crippen molar-refractivity contribution >= 4 is 11.4 Å². The van der Waals surface area contributed by atoms with Crippen LogP contribution in [0, 0.1) is 0 Å². The number of anilines is 2. The molecule has 4 heterocycles. The zero-order chi connectivity index (χ0) is 18.1. The van der Waals surface area contributed by atoms with Crippen molar-refractivity contribution in [2.45, 2.75) is 44.9 Å². The minimum Gasteiger partial charge on any atom is -0.470 e. The Balaban J connectivity index is 1.74. The number of hydrogen-bond acceptors (Lipinski definition) is 6. The molecule has 2 atom stereocenters. The molecule has 1 fully saturated rings. The van der Waals surface area contributed by atoms with Crippen LogP contribution in [0.15, 0.2) is 53.8 Å². The summed E-state index contributed by atoms with van der Waals surface area (Å²) >= 11 is 0. The van der Waals surface area contributed by atoms with Crippen molar-refractivity contribution in [3.8, 4) is 0 Å². The van der Waals surface area contributed by atoms with Gasteiger partial charge in [0, 0.05) is 31.5 Å². The molecule has 3 aliphatic rings. The Morgan fingerprint density at radius 3 is 3.00 bits per heavy atom. The molecule has 0 radical (unpaired) electrons. The van der Waals surface area contributed by atoms with Gasteiger partial charge in [-0.2, -0.15) is 0 Å². The second kappa shape index (κ2) is 7.13. The number of rotatable bonds is 4. The molecule has 1 aromatic heterocycles. The average Bonchev–Trinajstić information content (AvgIpc) is 3.01. The van der Waals surface area contributed by atoms with Crippen LogP contribution in [0.25, 0.3) is 0 Å². The fourth-order valence-corrected chi connectivity index (χ4v) is 3.91. The van der Waals surface area contributed by atoms with Gasteiger partial charge in [0.25, 0.3) is 0 Å². The quantitative estimate of drug-likeness (QED) is 0.866. The van der Waals surface area contributed by atoms with Gasteiger partial charge < -0.3 is 20.3 Å². The van der Waals surface area contributed by atoms with Crippen LogP contribution in [0.5, 0.6) is 0 Å². The predicted octanol–water partition coefficient (Wildman–Crippen LogP) is 2.60. The second-order valence-corrected chi connectivity index (χ2v) is 7.18. The number of pyridine rings is 1. The lowest BCUT2D eigenvalue weighted by Gasteiger charge is -2.36. The van der Waals surface area contributed by atoms with Crippen LogP contribution in [0.4, 0.5) is 11.4 Å². The Morgan fingerprint density at radius 1 is 1.31 bits per heavy atom. The van der Waals surface area contributed by atoms with E-state index in [1.807, 2.05) is 18.5 Å². The van der Waals surface area contributed by atoms with Crippen LogP contribution in [-0.4, -0.2) is 30.3 Å². The third-order valence-electron chi connectivity index (χ3n) is 5.08. The summed E-state index contributed by atoms with van der Waals surface area (Å²) in [6.45, 7) is 4.07. The first-order chi connectivity index (χ1) is 12.7. The lowest BCUT2D eigenvalue weighted by atomic mass is 10.0. The van der Waals surface area contributed by atoms with E-state index in [1.54, 1.807) is 0 Å². The lowest BCUT2D eigenvalue weighted by molar-refractivity contribution is 0.185. The van der Waals surface area contributed by atoms with E-state index in [-0.39, 0.29) is 6.04 Å². The van der Waals surface area contributed by atoms with E-state index < -0.39 is 6.23 Å². The molecule has 138 valence electrons. The number of nitrogens with two attached hydrogens (primary N) is 2. The van der Waals surface area contributed by atoms with Crippen molar-refractivity contribution in [3.05, 3.63) is 53.8 Å². The molecule has 0 bridgehead atoms. The van der Waals surface area contributed by atoms with E-state index in [0.29, 0.717) is 0 Å². The molecule has 1 unspecified atom stereocenters. The van der Waals surface area contributed by atoms with Crippen molar-refractivity contribution < 1.29 is 4.74 Å². The van der Waals surface area contributed by atoms with Crippen molar-refractivity contribution in [1.82, 2.24) is 4.98 Å². The molecular formula is C20H27N5O. The molecule has 1 aromatic rings. The third-order valence-corrected chi connectivity index (χ3v) is 5.08. The highest BCUT2D eigenvalue weighted by Crippen LogP contribution is 2.39. The summed E-state index contributed by atoms with van der Waals surface area (Å²) in [6.07, 6.45) is 13.9. The summed E-state index contributed by atoms with van der Waals surface area (Å²) in [7, 11) is 0. The number of fused-ring (bicyclic) bond motifs is 1. The summed E-state index contributed by atoms with van der Waals surface area (Å²) in [5.74, 6) is 0.841. The lowest BCUT2D eigenvalue weighted by Crippen LogP contribution is -2.43. The molecular weight excluding hydrogens is 326 g/mol. The zero-order valence-corrected chi connectivity index (χ0v) is 15.3. The number of ether oxygens (including phenoxy) is 1. The molecule has 26 heavy (non-hydrogen) atoms. The van der Waals surface area contributed by atoms with E-state index in [9.17, 15) is 0 Å². The molecule has 6 heteroatoms. The molecule has 0 aliphatic carbocycles. The molecule has 6 nitrogen and oxygen atoms in total. The molecule has 4 N–H and O–H groups in total. The Bertz CT molecular complexity index is 769. The van der Waals surface area contributed by atoms with Gasteiger partial charge in [-0.05, 0) is 43.1 Å². The number of aromatic nitrogens is 1. The third kappa shape index (κ3) is 3.22. The molecule has 1 saturated heterocycles. The second-order valence-electron chi connectivity index (χ2n) is 7.18. The van der Waals surface area contributed by atoms with Crippen molar-refractivity contribution in [2.75, 3.05) is 22.9 Å². The van der Waals surface area contributed by atoms with Crippen LogP contribution >= 0.6 is 0 Å². The Kier molecular flexibility index (Phi) is 4.70. The highest BCUT2D eigenvalue weighted by molar-refractivity contribution is 5.76. The summed E-state index contributed by atoms with van der Waals surface area (Å²) in [6, 6.07) is 2.30. The fraction of sp³-hybridized carbons (Fsp3) is 0.450. The van der Waals surface area contributed by atoms with Gasteiger partial charge in [0.1, 0.15) is 5.76 Å². The average molecular weight is 353 g/mol. The summed E-state index contributed by atoms with van der Waals surface area (Å²) in [5, 5.41) is 0. The van der Waals surface area contributed by atoms with Crippen LogP contribution in [0.3, 0.4) is 0 Å². The Hall–Kier alpha value is -2.31. The first kappa shape index (κ1) is 17.1. The number of piperidine rings is 1. The highest BCUT2D eigenvalue weighted by Gasteiger charge is 2.30. The molecule has 3 aliphatic heterocycles. The van der Waals surface area contributed by atoms with Crippen LogP contribution < -0.4 is 21.3 Å². The van der Waals surface area contributed by atoms with E-state index in [1.165, 1.54) is 5.57 Å².